The molecule has 434 valence electrons. The molecule has 0 heterocycles. The van der Waals surface area contributed by atoms with E-state index < -0.39 is 12.1 Å². The summed E-state index contributed by atoms with van der Waals surface area (Å²) in [6, 6.07) is -0.622. The second kappa shape index (κ2) is 63.1. The number of hydrogen-bond donors (Lipinski definition) is 3. The van der Waals surface area contributed by atoms with Crippen molar-refractivity contribution in [1.29, 1.82) is 0 Å². The quantitative estimate of drug-likeness (QED) is 0.0320. The predicted molar refractivity (Wildman–Crippen MR) is 320 cm³/mol. The molecule has 3 N–H and O–H groups in total. The van der Waals surface area contributed by atoms with E-state index in [0.29, 0.717) is 19.4 Å². The lowest BCUT2D eigenvalue weighted by Gasteiger charge is -2.20. The van der Waals surface area contributed by atoms with Crippen LogP contribution in [0.15, 0.2) is 12.2 Å². The Morgan fingerprint density at radius 1 is 0.370 bits per heavy atom. The van der Waals surface area contributed by atoms with Crippen molar-refractivity contribution in [2.45, 2.75) is 392 Å². The molecular formula is C67H131NO5. The minimum atomic E-state index is -0.838. The van der Waals surface area contributed by atoms with Crippen molar-refractivity contribution in [2.24, 2.45) is 0 Å². The van der Waals surface area contributed by atoms with Crippen LogP contribution < -0.4 is 5.32 Å². The van der Waals surface area contributed by atoms with Crippen LogP contribution in [0.1, 0.15) is 380 Å². The van der Waals surface area contributed by atoms with Gasteiger partial charge in [-0.2, -0.15) is 0 Å². The Hall–Kier alpha value is -1.40. The fourth-order valence-corrected chi connectivity index (χ4v) is 10.7. The first-order valence-electron chi connectivity index (χ1n) is 33.5. The molecule has 0 fully saturated rings. The highest BCUT2D eigenvalue weighted by Gasteiger charge is 2.18. The van der Waals surface area contributed by atoms with Crippen molar-refractivity contribution in [1.82, 2.24) is 5.32 Å². The normalized spacial score (nSPS) is 12.5. The van der Waals surface area contributed by atoms with Gasteiger partial charge in [0.2, 0.25) is 5.91 Å². The number of rotatable bonds is 63. The number of nitrogens with one attached hydrogen (secondary N) is 1. The van der Waals surface area contributed by atoms with Crippen molar-refractivity contribution in [2.75, 3.05) is 13.2 Å². The van der Waals surface area contributed by atoms with Crippen molar-refractivity contribution in [3.63, 3.8) is 0 Å². The third-order valence-corrected chi connectivity index (χ3v) is 15.8. The second-order valence-corrected chi connectivity index (χ2v) is 23.2. The number of unbranched alkanes of at least 4 members (excludes halogenated alkanes) is 52. The maximum atomic E-state index is 12.4. The van der Waals surface area contributed by atoms with Gasteiger partial charge in [0, 0.05) is 12.8 Å². The average molecular weight is 1030 g/mol. The largest absolute Gasteiger partial charge is 0.466 e. The monoisotopic (exact) mass is 1030 g/mol. The van der Waals surface area contributed by atoms with Gasteiger partial charge in [-0.25, -0.2) is 0 Å². The fourth-order valence-electron chi connectivity index (χ4n) is 10.7. The topological polar surface area (TPSA) is 95.9 Å². The first-order chi connectivity index (χ1) is 36.0. The summed E-state index contributed by atoms with van der Waals surface area (Å²) >= 11 is 0. The molecule has 0 aromatic heterocycles. The molecule has 1 amide bonds. The zero-order valence-corrected chi connectivity index (χ0v) is 49.6. The first-order valence-corrected chi connectivity index (χ1v) is 33.5. The van der Waals surface area contributed by atoms with Crippen LogP contribution in [-0.2, 0) is 14.3 Å². The number of allylic oxidation sites excluding steroid dienone is 1. The molecule has 0 aliphatic heterocycles. The van der Waals surface area contributed by atoms with Crippen LogP contribution in [0.2, 0.25) is 0 Å². The van der Waals surface area contributed by atoms with Crippen LogP contribution in [0, 0.1) is 0 Å². The number of carbonyl (C=O) groups is 2. The standard InChI is InChI=1S/C67H131NO5/c1-3-5-7-9-11-13-14-15-16-31-35-38-41-45-49-53-57-61-67(72)73-62-58-54-50-46-42-39-36-33-30-28-26-24-22-20-18-17-19-21-23-25-27-29-32-34-37-40-44-48-52-56-60-66(71)68-64(63-69)65(70)59-55-51-47-43-12-10-8-6-4-2/h55,59,64-65,69-70H,3-54,56-58,60-63H2,1-2H3,(H,68,71)/b59-55+. The minimum absolute atomic E-state index is 0.0243. The van der Waals surface area contributed by atoms with Crippen LogP contribution >= 0.6 is 0 Å². The highest BCUT2D eigenvalue weighted by Crippen LogP contribution is 2.19. The molecule has 0 aromatic rings. The first kappa shape index (κ1) is 71.6. The van der Waals surface area contributed by atoms with Crippen molar-refractivity contribution in [3.05, 3.63) is 12.2 Å². The van der Waals surface area contributed by atoms with E-state index in [0.717, 1.165) is 38.5 Å². The molecule has 2 atom stereocenters. The zero-order valence-electron chi connectivity index (χ0n) is 49.6. The molecular weight excluding hydrogens is 899 g/mol. The summed E-state index contributed by atoms with van der Waals surface area (Å²) in [6.07, 6.45) is 77.3. The Labute approximate surface area is 457 Å². The summed E-state index contributed by atoms with van der Waals surface area (Å²) in [6.45, 7) is 4.91. The van der Waals surface area contributed by atoms with Gasteiger partial charge in [-0.15, -0.1) is 0 Å². The van der Waals surface area contributed by atoms with Gasteiger partial charge in [0.25, 0.3) is 0 Å². The number of hydrogen-bond acceptors (Lipinski definition) is 5. The van der Waals surface area contributed by atoms with E-state index in [1.54, 1.807) is 6.08 Å². The van der Waals surface area contributed by atoms with Crippen molar-refractivity contribution in [3.8, 4) is 0 Å². The summed E-state index contributed by atoms with van der Waals surface area (Å²) in [5.74, 6) is -0.0407. The van der Waals surface area contributed by atoms with E-state index in [9.17, 15) is 19.8 Å². The lowest BCUT2D eigenvalue weighted by Crippen LogP contribution is -2.45. The van der Waals surface area contributed by atoms with Gasteiger partial charge in [0.1, 0.15) is 0 Å². The number of aliphatic hydroxyl groups excluding tert-OH is 2. The third-order valence-electron chi connectivity index (χ3n) is 15.8. The van der Waals surface area contributed by atoms with E-state index in [1.807, 2.05) is 6.08 Å². The van der Waals surface area contributed by atoms with Gasteiger partial charge in [0.15, 0.2) is 0 Å². The Balaban J connectivity index is 3.29. The molecule has 6 heteroatoms. The van der Waals surface area contributed by atoms with Crippen LogP contribution in [0.3, 0.4) is 0 Å². The van der Waals surface area contributed by atoms with Gasteiger partial charge < -0.3 is 20.3 Å². The Bertz CT molecular complexity index is 1100. The van der Waals surface area contributed by atoms with Crippen molar-refractivity contribution >= 4 is 11.9 Å². The molecule has 0 bridgehead atoms. The molecule has 0 aliphatic carbocycles. The van der Waals surface area contributed by atoms with Crippen LogP contribution in [0.5, 0.6) is 0 Å². The molecule has 0 spiro atoms. The van der Waals surface area contributed by atoms with E-state index in [4.69, 9.17) is 4.74 Å². The molecule has 6 nitrogen and oxygen atoms in total. The molecule has 0 aliphatic rings. The molecule has 0 aromatic carbocycles. The zero-order chi connectivity index (χ0) is 52.9. The molecule has 0 saturated heterocycles. The summed E-state index contributed by atoms with van der Waals surface area (Å²) < 4.78 is 5.51. The summed E-state index contributed by atoms with van der Waals surface area (Å²) in [5.41, 5.74) is 0. The predicted octanol–water partition coefficient (Wildman–Crippen LogP) is 21.2. The lowest BCUT2D eigenvalue weighted by atomic mass is 10.0. The maximum Gasteiger partial charge on any atom is 0.305 e. The molecule has 2 unspecified atom stereocenters. The highest BCUT2D eigenvalue weighted by atomic mass is 16.5. The number of amides is 1. The SMILES string of the molecule is CCCCCCCCC/C=C/C(O)C(CO)NC(=O)CCCCCCCCCCCCCCCCCCCCCCCCCCCCCCCCOC(=O)CCCCCCCCCCCCCCCCCCC. The number of carbonyl (C=O) groups excluding carboxylic acids is 2. The third kappa shape index (κ3) is 59.7. The van der Waals surface area contributed by atoms with Gasteiger partial charge in [0.05, 0.1) is 25.4 Å². The van der Waals surface area contributed by atoms with Crippen molar-refractivity contribution < 1.29 is 24.5 Å². The van der Waals surface area contributed by atoms with Crippen LogP contribution in [0.25, 0.3) is 0 Å². The molecule has 0 saturated carbocycles. The van der Waals surface area contributed by atoms with Gasteiger partial charge >= 0.3 is 5.97 Å². The summed E-state index contributed by atoms with van der Waals surface area (Å²) in [7, 11) is 0. The smallest absolute Gasteiger partial charge is 0.305 e. The highest BCUT2D eigenvalue weighted by molar-refractivity contribution is 5.76. The lowest BCUT2D eigenvalue weighted by molar-refractivity contribution is -0.143. The van der Waals surface area contributed by atoms with Crippen LogP contribution in [-0.4, -0.2) is 47.4 Å². The van der Waals surface area contributed by atoms with E-state index in [-0.39, 0.29) is 18.5 Å². The molecule has 0 radical (unpaired) electrons. The minimum Gasteiger partial charge on any atom is -0.466 e. The van der Waals surface area contributed by atoms with Gasteiger partial charge in [-0.05, 0) is 32.1 Å². The fraction of sp³-hybridized carbons (Fsp3) is 0.940. The number of aliphatic hydroxyl groups is 2. The molecule has 0 rings (SSSR count). The molecule has 73 heavy (non-hydrogen) atoms. The Kier molecular flexibility index (Phi) is 61.9. The summed E-state index contributed by atoms with van der Waals surface area (Å²) in [4.78, 5) is 24.5. The number of ether oxygens (including phenoxy) is 1. The average Bonchev–Trinajstić information content (AvgIpc) is 3.39. The second-order valence-electron chi connectivity index (χ2n) is 23.2. The van der Waals surface area contributed by atoms with E-state index >= 15 is 0 Å². The van der Waals surface area contributed by atoms with Gasteiger partial charge in [-0.1, -0.05) is 347 Å². The van der Waals surface area contributed by atoms with Gasteiger partial charge in [-0.3, -0.25) is 9.59 Å². The Morgan fingerprint density at radius 3 is 0.932 bits per heavy atom. The Morgan fingerprint density at radius 2 is 0.630 bits per heavy atom. The van der Waals surface area contributed by atoms with Crippen LogP contribution in [0.4, 0.5) is 0 Å². The van der Waals surface area contributed by atoms with E-state index in [1.165, 1.54) is 315 Å². The summed E-state index contributed by atoms with van der Waals surface area (Å²) in [5, 5.41) is 23.0. The van der Waals surface area contributed by atoms with E-state index in [2.05, 4.69) is 19.2 Å². The maximum absolute atomic E-state index is 12.4. The number of esters is 1.